The summed E-state index contributed by atoms with van der Waals surface area (Å²) in [5.41, 5.74) is 4.71. The first-order valence-electron chi connectivity index (χ1n) is 10.0. The average Bonchev–Trinajstić information content (AvgIpc) is 2.79. The van der Waals surface area contributed by atoms with Gasteiger partial charge in [-0.15, -0.1) is 0 Å². The second-order valence-electron chi connectivity index (χ2n) is 7.07. The molecule has 0 saturated carbocycles. The van der Waals surface area contributed by atoms with Gasteiger partial charge >= 0.3 is 0 Å². The van der Waals surface area contributed by atoms with E-state index in [1.54, 1.807) is 0 Å². The van der Waals surface area contributed by atoms with E-state index in [9.17, 15) is 4.79 Å². The van der Waals surface area contributed by atoms with E-state index in [1.165, 1.54) is 0 Å². The number of morpholine rings is 1. The normalized spacial score (nSPS) is 13.7. The highest BCUT2D eigenvalue weighted by atomic mass is 35.5. The van der Waals surface area contributed by atoms with Gasteiger partial charge < -0.3 is 20.3 Å². The van der Waals surface area contributed by atoms with Gasteiger partial charge in [-0.1, -0.05) is 60.1 Å². The van der Waals surface area contributed by atoms with Crippen molar-refractivity contribution in [3.8, 4) is 11.1 Å². The molecule has 1 amide bonds. The zero-order valence-electron chi connectivity index (χ0n) is 16.6. The van der Waals surface area contributed by atoms with Gasteiger partial charge in [-0.25, -0.2) is 0 Å². The van der Waals surface area contributed by atoms with Gasteiger partial charge in [0, 0.05) is 29.4 Å². The molecule has 2 N–H and O–H groups in total. The molecule has 0 spiro atoms. The minimum atomic E-state index is -0.119. The maximum Gasteiger partial charge on any atom is 0.243 e. The molecule has 154 valence electrons. The molecule has 1 aliphatic rings. The molecule has 1 heterocycles. The van der Waals surface area contributed by atoms with Crippen molar-refractivity contribution in [3.63, 3.8) is 0 Å². The Morgan fingerprint density at radius 1 is 0.933 bits per heavy atom. The lowest BCUT2D eigenvalue weighted by atomic mass is 10.0. The number of nitrogens with zero attached hydrogens (tertiary/aromatic N) is 1. The minimum Gasteiger partial charge on any atom is -0.378 e. The number of ether oxygens (including phenoxy) is 1. The first kappa shape index (κ1) is 20.3. The van der Waals surface area contributed by atoms with Crippen molar-refractivity contribution in [2.75, 3.05) is 48.4 Å². The van der Waals surface area contributed by atoms with Crippen molar-refractivity contribution in [1.29, 1.82) is 0 Å². The SMILES string of the molecule is O=C(CNc1cc(Cl)ccc1N1CCOCC1)Nc1ccccc1-c1ccccc1. The predicted molar refractivity (Wildman–Crippen MR) is 123 cm³/mol. The molecule has 1 saturated heterocycles. The minimum absolute atomic E-state index is 0.119. The van der Waals surface area contributed by atoms with Gasteiger partial charge in [-0.2, -0.15) is 0 Å². The lowest BCUT2D eigenvalue weighted by Crippen LogP contribution is -2.36. The highest BCUT2D eigenvalue weighted by molar-refractivity contribution is 6.31. The van der Waals surface area contributed by atoms with Crippen molar-refractivity contribution in [2.45, 2.75) is 0 Å². The number of amides is 1. The van der Waals surface area contributed by atoms with E-state index in [1.807, 2.05) is 72.8 Å². The highest BCUT2D eigenvalue weighted by Crippen LogP contribution is 2.30. The molecule has 30 heavy (non-hydrogen) atoms. The van der Waals surface area contributed by atoms with Crippen LogP contribution in [-0.4, -0.2) is 38.8 Å². The number of benzene rings is 3. The summed E-state index contributed by atoms with van der Waals surface area (Å²) in [6.45, 7) is 3.15. The first-order chi connectivity index (χ1) is 14.7. The fourth-order valence-electron chi connectivity index (χ4n) is 3.56. The van der Waals surface area contributed by atoms with Crippen LogP contribution in [-0.2, 0) is 9.53 Å². The van der Waals surface area contributed by atoms with Crippen molar-refractivity contribution in [2.24, 2.45) is 0 Å². The van der Waals surface area contributed by atoms with Gasteiger partial charge in [0.2, 0.25) is 5.91 Å². The smallest absolute Gasteiger partial charge is 0.243 e. The van der Waals surface area contributed by atoms with Crippen LogP contribution in [0, 0.1) is 0 Å². The van der Waals surface area contributed by atoms with E-state index in [0.717, 1.165) is 41.3 Å². The number of para-hydroxylation sites is 1. The highest BCUT2D eigenvalue weighted by Gasteiger charge is 2.16. The molecule has 0 aliphatic carbocycles. The van der Waals surface area contributed by atoms with E-state index in [4.69, 9.17) is 16.3 Å². The Kier molecular flexibility index (Phi) is 6.52. The Balaban J connectivity index is 1.46. The second kappa shape index (κ2) is 9.65. The zero-order chi connectivity index (χ0) is 20.8. The number of halogens is 1. The molecule has 4 rings (SSSR count). The molecule has 3 aromatic carbocycles. The van der Waals surface area contributed by atoms with Crippen molar-refractivity contribution < 1.29 is 9.53 Å². The van der Waals surface area contributed by atoms with E-state index in [-0.39, 0.29) is 12.5 Å². The van der Waals surface area contributed by atoms with Crippen molar-refractivity contribution in [1.82, 2.24) is 0 Å². The van der Waals surface area contributed by atoms with Crippen LogP contribution in [0.5, 0.6) is 0 Å². The van der Waals surface area contributed by atoms with Crippen LogP contribution in [0.4, 0.5) is 17.1 Å². The third-order valence-corrected chi connectivity index (χ3v) is 5.27. The average molecular weight is 422 g/mol. The van der Waals surface area contributed by atoms with E-state index in [0.29, 0.717) is 18.2 Å². The molecule has 0 aromatic heterocycles. The van der Waals surface area contributed by atoms with Gasteiger partial charge in [-0.05, 0) is 29.8 Å². The molecule has 5 nitrogen and oxygen atoms in total. The summed E-state index contributed by atoms with van der Waals surface area (Å²) >= 11 is 6.21. The molecule has 0 unspecified atom stereocenters. The third-order valence-electron chi connectivity index (χ3n) is 5.04. The van der Waals surface area contributed by atoms with Gasteiger partial charge in [-0.3, -0.25) is 4.79 Å². The zero-order valence-corrected chi connectivity index (χ0v) is 17.4. The van der Waals surface area contributed by atoms with Crippen LogP contribution in [0.2, 0.25) is 5.02 Å². The molecule has 1 aliphatic heterocycles. The molecule has 3 aromatic rings. The van der Waals surface area contributed by atoms with Crippen molar-refractivity contribution >= 4 is 34.6 Å². The van der Waals surface area contributed by atoms with Crippen LogP contribution < -0.4 is 15.5 Å². The van der Waals surface area contributed by atoms with Crippen LogP contribution >= 0.6 is 11.6 Å². The van der Waals surface area contributed by atoms with Gasteiger partial charge in [0.25, 0.3) is 0 Å². The van der Waals surface area contributed by atoms with Crippen LogP contribution in [0.3, 0.4) is 0 Å². The van der Waals surface area contributed by atoms with E-state index in [2.05, 4.69) is 15.5 Å². The molecule has 6 heteroatoms. The summed E-state index contributed by atoms with van der Waals surface area (Å²) in [5.74, 6) is -0.119. The van der Waals surface area contributed by atoms with Gasteiger partial charge in [0.15, 0.2) is 0 Å². The molecule has 0 bridgehead atoms. The quantitative estimate of drug-likeness (QED) is 0.594. The summed E-state index contributed by atoms with van der Waals surface area (Å²) in [4.78, 5) is 14.9. The van der Waals surface area contributed by atoms with Crippen LogP contribution in [0.15, 0.2) is 72.8 Å². The number of hydrogen-bond donors (Lipinski definition) is 2. The fraction of sp³-hybridized carbons (Fsp3) is 0.208. The Morgan fingerprint density at radius 3 is 2.47 bits per heavy atom. The molecular weight excluding hydrogens is 398 g/mol. The fourth-order valence-corrected chi connectivity index (χ4v) is 3.73. The van der Waals surface area contributed by atoms with Gasteiger partial charge in [0.1, 0.15) is 0 Å². The lowest BCUT2D eigenvalue weighted by molar-refractivity contribution is -0.114. The summed E-state index contributed by atoms with van der Waals surface area (Å²) < 4.78 is 5.44. The van der Waals surface area contributed by atoms with Crippen LogP contribution in [0.1, 0.15) is 0 Å². The number of hydrogen-bond acceptors (Lipinski definition) is 4. The molecule has 0 radical (unpaired) electrons. The number of anilines is 3. The monoisotopic (exact) mass is 421 g/mol. The Hall–Kier alpha value is -3.02. The summed E-state index contributed by atoms with van der Waals surface area (Å²) in [5, 5.41) is 6.91. The third kappa shape index (κ3) is 4.93. The Bertz CT molecular complexity index is 1000. The van der Waals surface area contributed by atoms with Crippen LogP contribution in [0.25, 0.3) is 11.1 Å². The lowest BCUT2D eigenvalue weighted by Gasteiger charge is -2.30. The summed E-state index contributed by atoms with van der Waals surface area (Å²) in [7, 11) is 0. The number of rotatable bonds is 6. The van der Waals surface area contributed by atoms with E-state index >= 15 is 0 Å². The molecule has 1 fully saturated rings. The molecular formula is C24H24ClN3O2. The topological polar surface area (TPSA) is 53.6 Å². The summed E-state index contributed by atoms with van der Waals surface area (Å²) in [6.07, 6.45) is 0. The largest absolute Gasteiger partial charge is 0.378 e. The van der Waals surface area contributed by atoms with Crippen molar-refractivity contribution in [3.05, 3.63) is 77.8 Å². The predicted octanol–water partition coefficient (Wildman–Crippen LogP) is 4.89. The number of carbonyl (C=O) groups is 1. The van der Waals surface area contributed by atoms with E-state index < -0.39 is 0 Å². The summed E-state index contributed by atoms with van der Waals surface area (Å²) in [6, 6.07) is 23.5. The number of nitrogens with one attached hydrogen (secondary N) is 2. The first-order valence-corrected chi connectivity index (χ1v) is 10.4. The molecule has 0 atom stereocenters. The maximum absolute atomic E-state index is 12.7. The second-order valence-corrected chi connectivity index (χ2v) is 7.51. The maximum atomic E-state index is 12.7. The standard InChI is InChI=1S/C24H24ClN3O2/c25-19-10-11-23(28-12-14-30-15-13-28)22(16-19)26-17-24(29)27-21-9-5-4-8-20(21)18-6-2-1-3-7-18/h1-11,16,26H,12-15,17H2,(H,27,29). The number of carbonyl (C=O) groups excluding carboxylic acids is 1. The Morgan fingerprint density at radius 2 is 1.67 bits per heavy atom. The van der Waals surface area contributed by atoms with Gasteiger partial charge in [0.05, 0.1) is 31.1 Å². The Labute approximate surface area is 181 Å².